The molecule has 5 rings (SSSR count). The first-order valence-electron chi connectivity index (χ1n) is 11.9. The topological polar surface area (TPSA) is 78.7 Å². The van der Waals surface area contributed by atoms with Crippen LogP contribution in [0.3, 0.4) is 0 Å². The quantitative estimate of drug-likeness (QED) is 0.733. The summed E-state index contributed by atoms with van der Waals surface area (Å²) in [6.45, 7) is 2.06. The first-order valence-corrected chi connectivity index (χ1v) is 11.9. The van der Waals surface area contributed by atoms with E-state index >= 15 is 0 Å². The molecule has 2 heterocycles. The number of aryl methyl sites for hydroxylation is 1. The molecule has 10 heteroatoms. The third kappa shape index (κ3) is 4.06. The van der Waals surface area contributed by atoms with Gasteiger partial charge in [0.15, 0.2) is 5.82 Å². The van der Waals surface area contributed by atoms with Crippen LogP contribution in [0.25, 0.3) is 11.0 Å². The van der Waals surface area contributed by atoms with Crippen LogP contribution < -0.4 is 0 Å². The van der Waals surface area contributed by atoms with Gasteiger partial charge in [-0.05, 0) is 69.1 Å². The van der Waals surface area contributed by atoms with Gasteiger partial charge in [0.2, 0.25) is 5.91 Å². The monoisotopic (exact) mass is 478 g/mol. The van der Waals surface area contributed by atoms with Gasteiger partial charge < -0.3 is 19.5 Å². The normalized spacial score (nSPS) is 26.4. The Kier molecular flexibility index (Phi) is 5.61. The minimum Gasteiger partial charge on any atom is -0.393 e. The lowest BCUT2D eigenvalue weighted by molar-refractivity contribution is -0.141. The molecule has 1 aliphatic heterocycles. The summed E-state index contributed by atoms with van der Waals surface area (Å²) >= 11 is 0. The number of carbonyl (C=O) groups excluding carboxylic acids is 2. The van der Waals surface area contributed by atoms with E-state index in [1.54, 1.807) is 18.0 Å². The van der Waals surface area contributed by atoms with Crippen molar-refractivity contribution >= 4 is 22.8 Å². The summed E-state index contributed by atoms with van der Waals surface area (Å²) in [5.74, 6) is -0.702. The van der Waals surface area contributed by atoms with Gasteiger partial charge in [-0.3, -0.25) is 9.59 Å². The summed E-state index contributed by atoms with van der Waals surface area (Å²) < 4.78 is 42.9. The van der Waals surface area contributed by atoms with Gasteiger partial charge >= 0.3 is 6.18 Å². The first-order chi connectivity index (χ1) is 16.0. The number of fused-ring (bicyclic) bond motifs is 1. The molecule has 3 fully saturated rings. The van der Waals surface area contributed by atoms with E-state index in [4.69, 9.17) is 0 Å². The van der Waals surface area contributed by atoms with Crippen LogP contribution in [0.5, 0.6) is 0 Å². The van der Waals surface area contributed by atoms with E-state index < -0.39 is 17.6 Å². The van der Waals surface area contributed by atoms with Crippen LogP contribution in [0.15, 0.2) is 12.1 Å². The molecule has 1 N–H and O–H groups in total. The predicted molar refractivity (Wildman–Crippen MR) is 118 cm³/mol. The maximum absolute atomic E-state index is 13.8. The molecule has 0 spiro atoms. The van der Waals surface area contributed by atoms with Crippen LogP contribution in [-0.2, 0) is 18.0 Å². The van der Waals surface area contributed by atoms with Gasteiger partial charge in [0.05, 0.1) is 17.2 Å². The summed E-state index contributed by atoms with van der Waals surface area (Å²) in [5.41, 5.74) is -0.161. The number of amides is 2. The molecule has 3 aliphatic rings. The second-order valence-electron chi connectivity index (χ2n) is 9.99. The number of piperazine rings is 1. The van der Waals surface area contributed by atoms with E-state index in [0.717, 1.165) is 31.7 Å². The standard InChI is InChI=1S/C24H29F3N4O3/c1-13-11-31(16-5-7-17(32)8-6-16)20(33)12-30(13)23(34)22-28-21-18(24(25,26)27)9-15(14-3-4-14)10-19(21)29(22)2/h9-10,13-14,16-17,32H,3-8,11-12H2,1-2H3. The van der Waals surface area contributed by atoms with Crippen LogP contribution in [0.4, 0.5) is 13.2 Å². The van der Waals surface area contributed by atoms with Gasteiger partial charge in [0.1, 0.15) is 12.1 Å². The number of halogens is 3. The third-order valence-corrected chi connectivity index (χ3v) is 7.54. The molecule has 1 atom stereocenters. The van der Waals surface area contributed by atoms with Crippen LogP contribution in [0.2, 0.25) is 0 Å². The maximum atomic E-state index is 13.8. The summed E-state index contributed by atoms with van der Waals surface area (Å²) in [5, 5.41) is 9.75. The van der Waals surface area contributed by atoms with Gasteiger partial charge in [0.25, 0.3) is 5.91 Å². The summed E-state index contributed by atoms with van der Waals surface area (Å²) in [4.78, 5) is 33.7. The van der Waals surface area contributed by atoms with Gasteiger partial charge in [-0.15, -0.1) is 0 Å². The van der Waals surface area contributed by atoms with Crippen molar-refractivity contribution < 1.29 is 27.9 Å². The predicted octanol–water partition coefficient (Wildman–Crippen LogP) is 3.45. The number of alkyl halides is 3. The van der Waals surface area contributed by atoms with E-state index in [9.17, 15) is 27.9 Å². The number of aliphatic hydroxyl groups is 1. The molecule has 7 nitrogen and oxygen atoms in total. The number of aliphatic hydroxyl groups excluding tert-OH is 1. The van der Waals surface area contributed by atoms with E-state index in [1.165, 1.54) is 9.47 Å². The van der Waals surface area contributed by atoms with Crippen molar-refractivity contribution in [2.24, 2.45) is 7.05 Å². The second-order valence-corrected chi connectivity index (χ2v) is 9.99. The second kappa shape index (κ2) is 8.25. The van der Waals surface area contributed by atoms with Gasteiger partial charge in [0, 0.05) is 25.7 Å². The zero-order valence-corrected chi connectivity index (χ0v) is 19.3. The fraction of sp³-hybridized carbons (Fsp3) is 0.625. The molecule has 34 heavy (non-hydrogen) atoms. The maximum Gasteiger partial charge on any atom is 0.418 e. The minimum absolute atomic E-state index is 0.0431. The highest BCUT2D eigenvalue weighted by Crippen LogP contribution is 2.44. The van der Waals surface area contributed by atoms with E-state index in [0.29, 0.717) is 24.9 Å². The molecule has 184 valence electrons. The van der Waals surface area contributed by atoms with Crippen molar-refractivity contribution in [3.8, 4) is 0 Å². The summed E-state index contributed by atoms with van der Waals surface area (Å²) in [7, 11) is 1.55. The lowest BCUT2D eigenvalue weighted by atomic mass is 9.91. The molecule has 2 saturated carbocycles. The summed E-state index contributed by atoms with van der Waals surface area (Å²) in [6.07, 6.45) is -0.451. The van der Waals surface area contributed by atoms with Crippen molar-refractivity contribution in [2.75, 3.05) is 13.1 Å². The smallest absolute Gasteiger partial charge is 0.393 e. The van der Waals surface area contributed by atoms with Crippen molar-refractivity contribution in [3.05, 3.63) is 29.1 Å². The number of hydrogen-bond donors (Lipinski definition) is 1. The molecular formula is C24H29F3N4O3. The Bertz CT molecular complexity index is 1130. The van der Waals surface area contributed by atoms with Gasteiger partial charge in [-0.2, -0.15) is 13.2 Å². The Balaban J connectivity index is 1.43. The Morgan fingerprint density at radius 3 is 2.41 bits per heavy atom. The molecule has 1 unspecified atom stereocenters. The lowest BCUT2D eigenvalue weighted by Crippen LogP contribution is -2.60. The number of rotatable bonds is 3. The van der Waals surface area contributed by atoms with Crippen LogP contribution in [0, 0.1) is 0 Å². The first kappa shape index (κ1) is 23.1. The van der Waals surface area contributed by atoms with Crippen molar-refractivity contribution in [2.45, 2.75) is 75.7 Å². The van der Waals surface area contributed by atoms with Crippen LogP contribution in [0.1, 0.15) is 73.1 Å². The Morgan fingerprint density at radius 2 is 1.79 bits per heavy atom. The number of imidazole rings is 1. The molecule has 1 aromatic heterocycles. The lowest BCUT2D eigenvalue weighted by Gasteiger charge is -2.44. The minimum atomic E-state index is -4.58. The Hall–Kier alpha value is -2.62. The van der Waals surface area contributed by atoms with Gasteiger partial charge in [-0.1, -0.05) is 0 Å². The molecule has 1 aromatic carbocycles. The highest BCUT2D eigenvalue weighted by Gasteiger charge is 2.40. The fourth-order valence-electron chi connectivity index (χ4n) is 5.37. The average Bonchev–Trinajstić information content (AvgIpc) is 3.58. The van der Waals surface area contributed by atoms with Crippen LogP contribution >= 0.6 is 0 Å². The Morgan fingerprint density at radius 1 is 1.12 bits per heavy atom. The average molecular weight is 479 g/mol. The van der Waals surface area contributed by atoms with E-state index in [2.05, 4.69) is 4.98 Å². The van der Waals surface area contributed by atoms with Gasteiger partial charge in [-0.25, -0.2) is 4.98 Å². The largest absolute Gasteiger partial charge is 0.418 e. The molecule has 2 aromatic rings. The van der Waals surface area contributed by atoms with Crippen molar-refractivity contribution in [3.63, 3.8) is 0 Å². The number of carbonyl (C=O) groups is 2. The Labute approximate surface area is 195 Å². The number of aromatic nitrogens is 2. The zero-order chi connectivity index (χ0) is 24.4. The molecule has 2 aliphatic carbocycles. The number of hydrogen-bond acceptors (Lipinski definition) is 4. The highest BCUT2D eigenvalue weighted by molar-refractivity contribution is 5.98. The number of nitrogens with zero attached hydrogens (tertiary/aromatic N) is 4. The molecular weight excluding hydrogens is 449 g/mol. The van der Waals surface area contributed by atoms with E-state index in [-0.39, 0.29) is 53.4 Å². The van der Waals surface area contributed by atoms with E-state index in [1.807, 2.05) is 6.92 Å². The highest BCUT2D eigenvalue weighted by atomic mass is 19.4. The fourth-order valence-corrected chi connectivity index (χ4v) is 5.37. The third-order valence-electron chi connectivity index (χ3n) is 7.54. The molecule has 0 radical (unpaired) electrons. The molecule has 0 bridgehead atoms. The van der Waals surface area contributed by atoms with Crippen molar-refractivity contribution in [1.29, 1.82) is 0 Å². The molecule has 1 saturated heterocycles. The van der Waals surface area contributed by atoms with Crippen molar-refractivity contribution in [1.82, 2.24) is 19.4 Å². The van der Waals surface area contributed by atoms with Crippen LogP contribution in [-0.4, -0.2) is 67.5 Å². The zero-order valence-electron chi connectivity index (χ0n) is 19.3. The summed E-state index contributed by atoms with van der Waals surface area (Å²) in [6, 6.07) is 2.60. The molecule has 2 amide bonds. The number of benzene rings is 1. The SMILES string of the molecule is CC1CN(C2CCC(O)CC2)C(=O)CN1C(=O)c1nc2c(C(F)(F)F)cc(C3CC3)cc2n1C.